The minimum Gasteiger partial charge on any atom is -0.382 e. The Morgan fingerprint density at radius 1 is 1.70 bits per heavy atom. The zero-order valence-corrected chi connectivity index (χ0v) is 5.19. The normalized spacial score (nSPS) is 13.4. The van der Waals surface area contributed by atoms with Gasteiger partial charge in [-0.1, -0.05) is 0 Å². The first-order chi connectivity index (χ1) is 4.74. The van der Waals surface area contributed by atoms with Gasteiger partial charge in [0.15, 0.2) is 0 Å². The zero-order valence-electron chi connectivity index (χ0n) is 5.19. The van der Waals surface area contributed by atoms with Crippen LogP contribution in [-0.2, 0) is 0 Å². The van der Waals surface area contributed by atoms with E-state index in [0.29, 0.717) is 0 Å². The Balaban J connectivity index is 2.74. The summed E-state index contributed by atoms with van der Waals surface area (Å²) in [5, 5.41) is 12.2. The van der Waals surface area contributed by atoms with E-state index in [4.69, 9.17) is 16.6 Å². The minimum absolute atomic E-state index is 0.00231. The highest BCUT2D eigenvalue weighted by atomic mass is 16.5. The molecule has 0 aliphatic heterocycles. The lowest BCUT2D eigenvalue weighted by molar-refractivity contribution is 0.141. The van der Waals surface area contributed by atoms with Crippen LogP contribution in [0.1, 0.15) is 12.0 Å². The molecule has 6 nitrogen and oxygen atoms in total. The molecular formula is C4H8N4O2. The smallest absolute Gasteiger partial charge is 0.260 e. The van der Waals surface area contributed by atoms with Crippen molar-refractivity contribution in [1.82, 2.24) is 10.1 Å². The maximum absolute atomic E-state index is 8.97. The molecule has 0 aromatic carbocycles. The Hall–Kier alpha value is -1.14. The molecule has 0 saturated heterocycles. The van der Waals surface area contributed by atoms with Crippen molar-refractivity contribution in [2.75, 3.05) is 12.3 Å². The van der Waals surface area contributed by atoms with Crippen LogP contribution in [0.25, 0.3) is 0 Å². The van der Waals surface area contributed by atoms with Crippen LogP contribution in [-0.4, -0.2) is 21.8 Å². The summed E-state index contributed by atoms with van der Waals surface area (Å²) in [6, 6.07) is 0. The Kier molecular flexibility index (Phi) is 1.83. The fourth-order valence-corrected chi connectivity index (χ4v) is 0.483. The summed E-state index contributed by atoms with van der Waals surface area (Å²) in [5.74, 6) is 0.0579. The van der Waals surface area contributed by atoms with Crippen molar-refractivity contribution >= 4 is 5.95 Å². The second kappa shape index (κ2) is 2.63. The molecule has 10 heavy (non-hydrogen) atoms. The van der Waals surface area contributed by atoms with Crippen molar-refractivity contribution in [3.8, 4) is 0 Å². The van der Waals surface area contributed by atoms with Gasteiger partial charge in [0.2, 0.25) is 0 Å². The van der Waals surface area contributed by atoms with Crippen LogP contribution in [0.5, 0.6) is 0 Å². The predicted molar refractivity (Wildman–Crippen MR) is 32.7 cm³/mol. The Morgan fingerprint density at radius 3 is 2.80 bits per heavy atom. The SMILES string of the molecule is NCC(O)c1nc(N)no1. The van der Waals surface area contributed by atoms with Crippen molar-refractivity contribution in [2.24, 2.45) is 5.73 Å². The Labute approximate surface area is 56.8 Å². The topological polar surface area (TPSA) is 111 Å². The number of hydrogen-bond donors (Lipinski definition) is 3. The number of aromatic nitrogens is 2. The van der Waals surface area contributed by atoms with Gasteiger partial charge in [-0.05, 0) is 5.16 Å². The minimum atomic E-state index is -0.912. The maximum Gasteiger partial charge on any atom is 0.260 e. The molecular weight excluding hydrogens is 136 g/mol. The average Bonchev–Trinajstić information content (AvgIpc) is 2.34. The molecule has 1 aromatic heterocycles. The van der Waals surface area contributed by atoms with Crippen LogP contribution in [0.2, 0.25) is 0 Å². The van der Waals surface area contributed by atoms with Crippen molar-refractivity contribution in [3.05, 3.63) is 5.89 Å². The van der Waals surface area contributed by atoms with Gasteiger partial charge in [-0.2, -0.15) is 4.98 Å². The Bertz CT molecular complexity index is 211. The fraction of sp³-hybridized carbons (Fsp3) is 0.500. The molecule has 0 aliphatic rings. The quantitative estimate of drug-likeness (QED) is 0.473. The maximum atomic E-state index is 8.97. The van der Waals surface area contributed by atoms with Crippen molar-refractivity contribution < 1.29 is 9.63 Å². The number of aliphatic hydroxyl groups is 1. The van der Waals surface area contributed by atoms with Crippen LogP contribution in [0.4, 0.5) is 5.95 Å². The highest BCUT2D eigenvalue weighted by molar-refractivity contribution is 5.11. The monoisotopic (exact) mass is 144 g/mol. The molecule has 1 heterocycles. The number of nitrogen functional groups attached to an aromatic ring is 1. The van der Waals surface area contributed by atoms with Gasteiger partial charge in [0.05, 0.1) is 0 Å². The molecule has 0 radical (unpaired) electrons. The van der Waals surface area contributed by atoms with Crippen molar-refractivity contribution in [2.45, 2.75) is 6.10 Å². The number of anilines is 1. The van der Waals surface area contributed by atoms with Crippen LogP contribution in [0.15, 0.2) is 4.52 Å². The van der Waals surface area contributed by atoms with Gasteiger partial charge in [0, 0.05) is 6.54 Å². The van der Waals surface area contributed by atoms with Crippen molar-refractivity contribution in [3.63, 3.8) is 0 Å². The molecule has 0 aliphatic carbocycles. The third-order valence-electron chi connectivity index (χ3n) is 0.966. The molecule has 0 fully saturated rings. The van der Waals surface area contributed by atoms with Gasteiger partial charge < -0.3 is 21.1 Å². The summed E-state index contributed by atoms with van der Waals surface area (Å²) >= 11 is 0. The summed E-state index contributed by atoms with van der Waals surface area (Å²) < 4.78 is 4.50. The lowest BCUT2D eigenvalue weighted by atomic mass is 10.4. The third-order valence-corrected chi connectivity index (χ3v) is 0.966. The van der Waals surface area contributed by atoms with E-state index in [1.165, 1.54) is 0 Å². The zero-order chi connectivity index (χ0) is 7.56. The first-order valence-corrected chi connectivity index (χ1v) is 2.71. The molecule has 0 amide bonds. The van der Waals surface area contributed by atoms with Gasteiger partial charge >= 0.3 is 0 Å². The van der Waals surface area contributed by atoms with E-state index in [-0.39, 0.29) is 18.4 Å². The van der Waals surface area contributed by atoms with E-state index in [1.54, 1.807) is 0 Å². The van der Waals surface area contributed by atoms with E-state index >= 15 is 0 Å². The summed E-state index contributed by atoms with van der Waals surface area (Å²) in [7, 11) is 0. The predicted octanol–water partition coefficient (Wildman–Crippen LogP) is -1.36. The van der Waals surface area contributed by atoms with E-state index in [2.05, 4.69) is 14.7 Å². The van der Waals surface area contributed by atoms with Crippen LogP contribution in [0, 0.1) is 0 Å². The average molecular weight is 144 g/mol. The second-order valence-electron chi connectivity index (χ2n) is 1.74. The molecule has 5 N–H and O–H groups in total. The molecule has 56 valence electrons. The number of rotatable bonds is 2. The number of hydrogen-bond acceptors (Lipinski definition) is 6. The lowest BCUT2D eigenvalue weighted by Crippen LogP contribution is -2.11. The summed E-state index contributed by atoms with van der Waals surface area (Å²) in [6.07, 6.45) is -0.912. The highest BCUT2D eigenvalue weighted by Gasteiger charge is 2.11. The van der Waals surface area contributed by atoms with Crippen molar-refractivity contribution in [1.29, 1.82) is 0 Å². The molecule has 1 atom stereocenters. The highest BCUT2D eigenvalue weighted by Crippen LogP contribution is 2.07. The standard InChI is InChI=1S/C4H8N4O2/c5-1-2(9)3-7-4(6)8-10-3/h2,9H,1,5H2,(H2,6,8). The summed E-state index contributed by atoms with van der Waals surface area (Å²) in [4.78, 5) is 3.55. The first kappa shape index (κ1) is 6.97. The lowest BCUT2D eigenvalue weighted by Gasteiger charge is -1.97. The van der Waals surface area contributed by atoms with Gasteiger partial charge in [-0.25, -0.2) is 0 Å². The van der Waals surface area contributed by atoms with Crippen LogP contribution in [0.3, 0.4) is 0 Å². The van der Waals surface area contributed by atoms with Gasteiger partial charge in [-0.15, -0.1) is 0 Å². The van der Waals surface area contributed by atoms with E-state index in [9.17, 15) is 0 Å². The molecule has 1 unspecified atom stereocenters. The van der Waals surface area contributed by atoms with Crippen LogP contribution < -0.4 is 11.5 Å². The van der Waals surface area contributed by atoms with Gasteiger partial charge in [0.25, 0.3) is 11.8 Å². The second-order valence-corrected chi connectivity index (χ2v) is 1.74. The van der Waals surface area contributed by atoms with E-state index in [1.807, 2.05) is 0 Å². The Morgan fingerprint density at radius 2 is 2.40 bits per heavy atom. The third kappa shape index (κ3) is 1.23. The first-order valence-electron chi connectivity index (χ1n) is 2.71. The molecule has 0 saturated carbocycles. The number of nitrogens with zero attached hydrogens (tertiary/aromatic N) is 2. The molecule has 0 spiro atoms. The van der Waals surface area contributed by atoms with E-state index < -0.39 is 6.10 Å². The fourth-order valence-electron chi connectivity index (χ4n) is 0.483. The summed E-state index contributed by atoms with van der Waals surface area (Å²) in [5.41, 5.74) is 10.2. The largest absolute Gasteiger partial charge is 0.382 e. The van der Waals surface area contributed by atoms with E-state index in [0.717, 1.165) is 0 Å². The van der Waals surface area contributed by atoms with Gasteiger partial charge in [0.1, 0.15) is 6.10 Å². The van der Waals surface area contributed by atoms with Gasteiger partial charge in [-0.3, -0.25) is 0 Å². The van der Waals surface area contributed by atoms with Crippen LogP contribution >= 0.6 is 0 Å². The molecule has 1 aromatic rings. The number of nitrogens with two attached hydrogens (primary N) is 2. The molecule has 6 heteroatoms. The molecule has 1 rings (SSSR count). The molecule has 0 bridgehead atoms. The number of aliphatic hydroxyl groups excluding tert-OH is 1. The summed E-state index contributed by atoms with van der Waals surface area (Å²) in [6.45, 7) is 0.0433.